The molecule has 2 N–H and O–H groups in total. The topological polar surface area (TPSA) is 69.6 Å². The fourth-order valence-electron chi connectivity index (χ4n) is 3.09. The lowest BCUT2D eigenvalue weighted by Gasteiger charge is -2.33. The molecule has 2 atom stereocenters. The van der Waals surface area contributed by atoms with Crippen LogP contribution in [0.1, 0.15) is 32.1 Å². The molecule has 2 aliphatic rings. The van der Waals surface area contributed by atoms with Crippen LogP contribution in [0.25, 0.3) is 0 Å². The molecule has 2 fully saturated rings. The number of hydrogen-bond donors (Lipinski definition) is 2. The Kier molecular flexibility index (Phi) is 4.22. The van der Waals surface area contributed by atoms with Crippen LogP contribution >= 0.6 is 0 Å². The summed E-state index contributed by atoms with van der Waals surface area (Å²) in [6, 6.07) is 0.322. The first-order valence-electron chi connectivity index (χ1n) is 6.79. The normalized spacial score (nSPS) is 29.2. The number of nitrogens with one attached hydrogen (secondary N) is 1. The van der Waals surface area contributed by atoms with Gasteiger partial charge >= 0.3 is 5.97 Å². The number of carboxylic acid groups (broad SMARTS) is 1. The van der Waals surface area contributed by atoms with E-state index in [0.717, 1.165) is 32.4 Å². The summed E-state index contributed by atoms with van der Waals surface area (Å²) < 4.78 is 0. The van der Waals surface area contributed by atoms with Crippen molar-refractivity contribution in [2.45, 2.75) is 38.1 Å². The van der Waals surface area contributed by atoms with E-state index in [9.17, 15) is 9.59 Å². The van der Waals surface area contributed by atoms with Crippen molar-refractivity contribution in [3.05, 3.63) is 0 Å². The number of carbonyl (C=O) groups is 2. The second kappa shape index (κ2) is 5.69. The molecule has 1 aliphatic heterocycles. The molecule has 18 heavy (non-hydrogen) atoms. The standard InChI is InChI=1S/C13H22N2O3/c1-15(11-4-6-14-7-5-11)12(16)9-2-3-10(8-9)13(17)18/h9-11,14H,2-8H2,1H3,(H,17,18)/t9-,10+/m1/s1. The number of rotatable bonds is 3. The van der Waals surface area contributed by atoms with Gasteiger partial charge in [-0.1, -0.05) is 0 Å². The molecule has 2 rings (SSSR count). The maximum atomic E-state index is 12.3. The van der Waals surface area contributed by atoms with Crippen LogP contribution in [0.15, 0.2) is 0 Å². The van der Waals surface area contributed by atoms with Crippen LogP contribution in [0.5, 0.6) is 0 Å². The molecule has 1 heterocycles. The van der Waals surface area contributed by atoms with Gasteiger partial charge in [0.1, 0.15) is 0 Å². The number of aliphatic carboxylic acids is 1. The van der Waals surface area contributed by atoms with Gasteiger partial charge < -0.3 is 15.3 Å². The Labute approximate surface area is 108 Å². The van der Waals surface area contributed by atoms with Gasteiger partial charge in [0.2, 0.25) is 5.91 Å². The summed E-state index contributed by atoms with van der Waals surface area (Å²) in [5.74, 6) is -1.01. The maximum Gasteiger partial charge on any atom is 0.306 e. The molecule has 0 bridgehead atoms. The van der Waals surface area contributed by atoms with Gasteiger partial charge in [-0.05, 0) is 45.2 Å². The Morgan fingerprint density at radius 3 is 2.28 bits per heavy atom. The Morgan fingerprint density at radius 1 is 1.11 bits per heavy atom. The molecule has 5 heteroatoms. The fraction of sp³-hybridized carbons (Fsp3) is 0.846. The van der Waals surface area contributed by atoms with Crippen molar-refractivity contribution in [3.63, 3.8) is 0 Å². The molecule has 0 aromatic rings. The second-order valence-corrected chi connectivity index (χ2v) is 5.48. The van der Waals surface area contributed by atoms with Crippen molar-refractivity contribution < 1.29 is 14.7 Å². The monoisotopic (exact) mass is 254 g/mol. The largest absolute Gasteiger partial charge is 0.481 e. The highest BCUT2D eigenvalue weighted by Gasteiger charge is 2.36. The second-order valence-electron chi connectivity index (χ2n) is 5.48. The lowest BCUT2D eigenvalue weighted by molar-refractivity contribution is -0.141. The predicted octanol–water partition coefficient (Wildman–Crippen LogP) is 0.698. The zero-order chi connectivity index (χ0) is 13.1. The molecule has 1 saturated heterocycles. The predicted molar refractivity (Wildman–Crippen MR) is 67.1 cm³/mol. The molecule has 1 amide bonds. The highest BCUT2D eigenvalue weighted by atomic mass is 16.4. The van der Waals surface area contributed by atoms with Gasteiger partial charge in [-0.15, -0.1) is 0 Å². The van der Waals surface area contributed by atoms with Gasteiger partial charge in [-0.3, -0.25) is 9.59 Å². The summed E-state index contributed by atoms with van der Waals surface area (Å²) in [6.07, 6.45) is 3.88. The maximum absolute atomic E-state index is 12.3. The molecule has 0 aromatic carbocycles. The van der Waals surface area contributed by atoms with Gasteiger partial charge in [0.25, 0.3) is 0 Å². The van der Waals surface area contributed by atoms with Crippen molar-refractivity contribution >= 4 is 11.9 Å². The zero-order valence-corrected chi connectivity index (χ0v) is 10.9. The lowest BCUT2D eigenvalue weighted by atomic mass is 10.00. The molecule has 0 aromatic heterocycles. The number of amides is 1. The Balaban J connectivity index is 1.89. The van der Waals surface area contributed by atoms with E-state index in [0.29, 0.717) is 18.9 Å². The van der Waals surface area contributed by atoms with E-state index in [-0.39, 0.29) is 17.7 Å². The van der Waals surface area contributed by atoms with Crippen LogP contribution in [0.2, 0.25) is 0 Å². The van der Waals surface area contributed by atoms with Gasteiger partial charge in [-0.2, -0.15) is 0 Å². The first-order chi connectivity index (χ1) is 8.59. The van der Waals surface area contributed by atoms with Crippen LogP contribution in [0.4, 0.5) is 0 Å². The van der Waals surface area contributed by atoms with E-state index in [1.165, 1.54) is 0 Å². The number of hydrogen-bond acceptors (Lipinski definition) is 3. The summed E-state index contributed by atoms with van der Waals surface area (Å²) in [4.78, 5) is 25.1. The van der Waals surface area contributed by atoms with Crippen molar-refractivity contribution in [1.82, 2.24) is 10.2 Å². The van der Waals surface area contributed by atoms with E-state index < -0.39 is 5.97 Å². The highest BCUT2D eigenvalue weighted by molar-refractivity contribution is 5.81. The van der Waals surface area contributed by atoms with Crippen LogP contribution in [-0.2, 0) is 9.59 Å². The number of piperidine rings is 1. The van der Waals surface area contributed by atoms with Gasteiger partial charge in [0.15, 0.2) is 0 Å². The Bertz CT molecular complexity index is 326. The summed E-state index contributed by atoms with van der Waals surface area (Å²) in [6.45, 7) is 1.93. The third-order valence-corrected chi connectivity index (χ3v) is 4.34. The summed E-state index contributed by atoms with van der Waals surface area (Å²) >= 11 is 0. The quantitative estimate of drug-likeness (QED) is 0.778. The van der Waals surface area contributed by atoms with E-state index in [4.69, 9.17) is 5.11 Å². The third-order valence-electron chi connectivity index (χ3n) is 4.34. The minimum Gasteiger partial charge on any atom is -0.481 e. The molecule has 0 spiro atoms. The summed E-state index contributed by atoms with van der Waals surface area (Å²) in [7, 11) is 1.87. The van der Waals surface area contributed by atoms with Crippen molar-refractivity contribution in [2.24, 2.45) is 11.8 Å². The number of carboxylic acids is 1. The van der Waals surface area contributed by atoms with Crippen LogP contribution in [-0.4, -0.2) is 48.1 Å². The average molecular weight is 254 g/mol. The molecule has 5 nitrogen and oxygen atoms in total. The molecule has 102 valence electrons. The Hall–Kier alpha value is -1.10. The smallest absolute Gasteiger partial charge is 0.306 e. The molecule has 1 aliphatic carbocycles. The average Bonchev–Trinajstić information content (AvgIpc) is 2.88. The molecule has 0 radical (unpaired) electrons. The highest BCUT2D eigenvalue weighted by Crippen LogP contribution is 2.32. The van der Waals surface area contributed by atoms with Crippen LogP contribution < -0.4 is 5.32 Å². The fourth-order valence-corrected chi connectivity index (χ4v) is 3.09. The van der Waals surface area contributed by atoms with E-state index in [1.807, 2.05) is 11.9 Å². The van der Waals surface area contributed by atoms with Gasteiger partial charge in [-0.25, -0.2) is 0 Å². The van der Waals surface area contributed by atoms with Gasteiger partial charge in [0.05, 0.1) is 5.92 Å². The van der Waals surface area contributed by atoms with Crippen LogP contribution in [0, 0.1) is 11.8 Å². The van der Waals surface area contributed by atoms with Crippen molar-refractivity contribution in [3.8, 4) is 0 Å². The number of nitrogens with zero attached hydrogens (tertiary/aromatic N) is 1. The van der Waals surface area contributed by atoms with E-state index in [1.54, 1.807) is 0 Å². The first kappa shape index (κ1) is 13.3. The van der Waals surface area contributed by atoms with Crippen molar-refractivity contribution in [2.75, 3.05) is 20.1 Å². The molecule has 0 unspecified atom stereocenters. The zero-order valence-electron chi connectivity index (χ0n) is 10.9. The lowest BCUT2D eigenvalue weighted by Crippen LogP contribution is -2.45. The minimum atomic E-state index is -0.755. The SMILES string of the molecule is CN(C(=O)[C@@H]1CC[C@H](C(=O)O)C1)C1CCNCC1. The van der Waals surface area contributed by atoms with Crippen molar-refractivity contribution in [1.29, 1.82) is 0 Å². The van der Waals surface area contributed by atoms with E-state index in [2.05, 4.69) is 5.32 Å². The molecular weight excluding hydrogens is 232 g/mol. The number of carbonyl (C=O) groups excluding carboxylic acids is 1. The van der Waals surface area contributed by atoms with Gasteiger partial charge in [0, 0.05) is 19.0 Å². The third kappa shape index (κ3) is 2.83. The summed E-state index contributed by atoms with van der Waals surface area (Å²) in [5.41, 5.74) is 0. The van der Waals surface area contributed by atoms with E-state index >= 15 is 0 Å². The Morgan fingerprint density at radius 2 is 1.72 bits per heavy atom. The molecular formula is C13H22N2O3. The summed E-state index contributed by atoms with van der Waals surface area (Å²) in [5, 5.41) is 12.3. The minimum absolute atomic E-state index is 0.0778. The molecule has 1 saturated carbocycles. The van der Waals surface area contributed by atoms with Crippen LogP contribution in [0.3, 0.4) is 0 Å². The first-order valence-corrected chi connectivity index (χ1v) is 6.79.